The van der Waals surface area contributed by atoms with Gasteiger partial charge in [0.25, 0.3) is 5.91 Å². The number of benzene rings is 3. The van der Waals surface area contributed by atoms with Crippen LogP contribution in [0.2, 0.25) is 5.02 Å². The van der Waals surface area contributed by atoms with E-state index in [-0.39, 0.29) is 16.8 Å². The van der Waals surface area contributed by atoms with Crippen molar-refractivity contribution in [2.75, 3.05) is 12.4 Å². The highest BCUT2D eigenvalue weighted by Gasteiger charge is 2.43. The van der Waals surface area contributed by atoms with Crippen LogP contribution in [0.15, 0.2) is 72.9 Å². The number of carbonyl (C=O) groups excluding carboxylic acids is 2. The van der Waals surface area contributed by atoms with Crippen LogP contribution in [0.25, 0.3) is 10.9 Å². The normalized spacial score (nSPS) is 18.0. The molecule has 2 atom stereocenters. The van der Waals surface area contributed by atoms with Gasteiger partial charge in [-0.05, 0) is 35.9 Å². The Kier molecular flexibility index (Phi) is 4.94. The van der Waals surface area contributed by atoms with Crippen LogP contribution in [-0.4, -0.2) is 28.7 Å². The lowest BCUT2D eigenvalue weighted by Gasteiger charge is -2.39. The highest BCUT2D eigenvalue weighted by molar-refractivity contribution is 6.33. The van der Waals surface area contributed by atoms with Gasteiger partial charge in [0.05, 0.1) is 22.7 Å². The lowest BCUT2D eigenvalue weighted by molar-refractivity contribution is -0.119. The average Bonchev–Trinajstić information content (AvgIpc) is 3.21. The zero-order chi connectivity index (χ0) is 22.4. The number of hydrogen-bond acceptors (Lipinski definition) is 2. The van der Waals surface area contributed by atoms with Gasteiger partial charge < -0.3 is 15.2 Å². The molecule has 0 saturated heterocycles. The van der Waals surface area contributed by atoms with Gasteiger partial charge in [-0.2, -0.15) is 0 Å². The standard InChI is InChI=1S/C25H19ClFN3O2/c1-30-23(18-13-28-20-9-5-4-6-15(18)20)22(16-7-2-3-8-17(16)25(30)32)24(31)29-21-11-10-14(27)12-19(21)26/h2-13,22-23,28H,1H3,(H,29,31). The van der Waals surface area contributed by atoms with Gasteiger partial charge >= 0.3 is 0 Å². The number of fused-ring (bicyclic) bond motifs is 2. The zero-order valence-electron chi connectivity index (χ0n) is 17.1. The minimum absolute atomic E-state index is 0.107. The van der Waals surface area contributed by atoms with Crippen LogP contribution in [0, 0.1) is 5.82 Å². The minimum Gasteiger partial charge on any atom is -0.361 e. The maximum absolute atomic E-state index is 13.6. The summed E-state index contributed by atoms with van der Waals surface area (Å²) in [7, 11) is 1.70. The molecule has 2 unspecified atom stereocenters. The molecular weight excluding hydrogens is 429 g/mol. The van der Waals surface area contributed by atoms with Crippen LogP contribution in [0.4, 0.5) is 10.1 Å². The van der Waals surface area contributed by atoms with Gasteiger partial charge in [0.1, 0.15) is 5.82 Å². The molecule has 1 aliphatic rings. The predicted octanol–water partition coefficient (Wildman–Crippen LogP) is 5.51. The number of anilines is 1. The van der Waals surface area contributed by atoms with Gasteiger partial charge in [-0.15, -0.1) is 0 Å². The number of para-hydroxylation sites is 1. The Hall–Kier alpha value is -3.64. The Labute approximate surface area is 188 Å². The van der Waals surface area contributed by atoms with Crippen molar-refractivity contribution in [1.29, 1.82) is 0 Å². The molecule has 0 bridgehead atoms. The molecular formula is C25H19ClFN3O2. The smallest absolute Gasteiger partial charge is 0.254 e. The van der Waals surface area contributed by atoms with Gasteiger partial charge in [0.15, 0.2) is 0 Å². The Bertz CT molecular complexity index is 1370. The number of rotatable bonds is 3. The maximum Gasteiger partial charge on any atom is 0.254 e. The van der Waals surface area contributed by atoms with Crippen molar-refractivity contribution < 1.29 is 14.0 Å². The van der Waals surface area contributed by atoms with E-state index >= 15 is 0 Å². The van der Waals surface area contributed by atoms with Gasteiger partial charge in [-0.1, -0.05) is 48.0 Å². The van der Waals surface area contributed by atoms with Crippen molar-refractivity contribution in [3.05, 3.63) is 100 Å². The van der Waals surface area contributed by atoms with E-state index in [0.29, 0.717) is 16.8 Å². The molecule has 5 nitrogen and oxygen atoms in total. The lowest BCUT2D eigenvalue weighted by Crippen LogP contribution is -2.44. The summed E-state index contributed by atoms with van der Waals surface area (Å²) in [6, 6.07) is 18.2. The van der Waals surface area contributed by atoms with Gasteiger partial charge in [-0.3, -0.25) is 9.59 Å². The fourth-order valence-electron chi connectivity index (χ4n) is 4.49. The topological polar surface area (TPSA) is 65.2 Å². The van der Waals surface area contributed by atoms with Crippen LogP contribution < -0.4 is 5.32 Å². The van der Waals surface area contributed by atoms with Crippen LogP contribution >= 0.6 is 11.6 Å². The first-order chi connectivity index (χ1) is 15.5. The van der Waals surface area contributed by atoms with E-state index in [1.165, 1.54) is 12.1 Å². The summed E-state index contributed by atoms with van der Waals surface area (Å²) in [6.07, 6.45) is 1.85. The molecule has 1 aromatic heterocycles. The Morgan fingerprint density at radius 2 is 1.81 bits per heavy atom. The van der Waals surface area contributed by atoms with E-state index in [1.807, 2.05) is 36.5 Å². The lowest BCUT2D eigenvalue weighted by atomic mass is 9.79. The molecule has 0 fully saturated rings. The van der Waals surface area contributed by atoms with Crippen LogP contribution in [0.5, 0.6) is 0 Å². The number of hydrogen-bond donors (Lipinski definition) is 2. The molecule has 0 aliphatic carbocycles. The molecule has 4 aromatic rings. The van der Waals surface area contributed by atoms with E-state index in [9.17, 15) is 14.0 Å². The molecule has 1 aliphatic heterocycles. The van der Waals surface area contributed by atoms with Crippen molar-refractivity contribution in [1.82, 2.24) is 9.88 Å². The van der Waals surface area contributed by atoms with Crippen molar-refractivity contribution in [3.63, 3.8) is 0 Å². The number of amides is 2. The maximum atomic E-state index is 13.6. The number of nitrogens with zero attached hydrogens (tertiary/aromatic N) is 1. The summed E-state index contributed by atoms with van der Waals surface area (Å²) in [5.41, 5.74) is 3.20. The van der Waals surface area contributed by atoms with Crippen LogP contribution in [0.3, 0.4) is 0 Å². The SMILES string of the molecule is CN1C(=O)c2ccccc2C(C(=O)Nc2ccc(F)cc2Cl)C1c1c[nH]c2ccccc12. The Balaban J connectivity index is 1.65. The number of likely N-dealkylation sites (N-methyl/N-ethyl adjacent to an activating group) is 1. The van der Waals surface area contributed by atoms with Crippen molar-refractivity contribution >= 4 is 40.0 Å². The third-order valence-corrected chi connectivity index (χ3v) is 6.30. The Morgan fingerprint density at radius 3 is 2.62 bits per heavy atom. The number of halogens is 2. The summed E-state index contributed by atoms with van der Waals surface area (Å²) < 4.78 is 13.5. The molecule has 0 spiro atoms. The molecule has 7 heteroatoms. The van der Waals surface area contributed by atoms with E-state index in [0.717, 1.165) is 22.5 Å². The van der Waals surface area contributed by atoms with Crippen molar-refractivity contribution in [3.8, 4) is 0 Å². The highest BCUT2D eigenvalue weighted by Crippen LogP contribution is 2.44. The molecule has 2 amide bonds. The second-order valence-electron chi connectivity index (χ2n) is 7.83. The first kappa shape index (κ1) is 20.3. The largest absolute Gasteiger partial charge is 0.361 e. The second kappa shape index (κ2) is 7.80. The summed E-state index contributed by atoms with van der Waals surface area (Å²) in [5, 5.41) is 3.88. The third-order valence-electron chi connectivity index (χ3n) is 5.99. The fraction of sp³-hybridized carbons (Fsp3) is 0.120. The summed E-state index contributed by atoms with van der Waals surface area (Å²) in [6.45, 7) is 0. The first-order valence-electron chi connectivity index (χ1n) is 10.1. The van der Waals surface area contributed by atoms with Gasteiger partial charge in [0, 0.05) is 35.3 Å². The molecule has 160 valence electrons. The van der Waals surface area contributed by atoms with E-state index in [4.69, 9.17) is 11.6 Å². The van der Waals surface area contributed by atoms with Crippen LogP contribution in [0.1, 0.15) is 33.4 Å². The summed E-state index contributed by atoms with van der Waals surface area (Å²) >= 11 is 6.15. The summed E-state index contributed by atoms with van der Waals surface area (Å²) in [4.78, 5) is 31.7. The van der Waals surface area contributed by atoms with E-state index in [2.05, 4.69) is 10.3 Å². The molecule has 2 heterocycles. The van der Waals surface area contributed by atoms with Gasteiger partial charge in [-0.25, -0.2) is 4.39 Å². The number of aromatic nitrogens is 1. The third kappa shape index (κ3) is 3.24. The average molecular weight is 448 g/mol. The predicted molar refractivity (Wildman–Crippen MR) is 122 cm³/mol. The minimum atomic E-state index is -0.700. The number of carbonyl (C=O) groups is 2. The van der Waals surface area contributed by atoms with Gasteiger partial charge in [0.2, 0.25) is 5.91 Å². The highest BCUT2D eigenvalue weighted by atomic mass is 35.5. The molecule has 32 heavy (non-hydrogen) atoms. The molecule has 0 saturated carbocycles. The monoisotopic (exact) mass is 447 g/mol. The first-order valence-corrected chi connectivity index (χ1v) is 10.5. The molecule has 2 N–H and O–H groups in total. The molecule has 3 aromatic carbocycles. The Morgan fingerprint density at radius 1 is 1.06 bits per heavy atom. The number of aromatic amines is 1. The van der Waals surface area contributed by atoms with E-state index < -0.39 is 17.8 Å². The second-order valence-corrected chi connectivity index (χ2v) is 8.24. The summed E-state index contributed by atoms with van der Waals surface area (Å²) in [5.74, 6) is -1.67. The fourth-order valence-corrected chi connectivity index (χ4v) is 4.70. The zero-order valence-corrected chi connectivity index (χ0v) is 17.9. The quantitative estimate of drug-likeness (QED) is 0.435. The van der Waals surface area contributed by atoms with Crippen molar-refractivity contribution in [2.45, 2.75) is 12.0 Å². The molecule has 0 radical (unpaired) electrons. The van der Waals surface area contributed by atoms with Crippen LogP contribution in [-0.2, 0) is 4.79 Å². The number of nitrogens with one attached hydrogen (secondary N) is 2. The molecule has 5 rings (SSSR count). The number of H-pyrrole nitrogens is 1. The van der Waals surface area contributed by atoms with E-state index in [1.54, 1.807) is 30.1 Å². The van der Waals surface area contributed by atoms with Crippen molar-refractivity contribution in [2.24, 2.45) is 0 Å².